The minimum absolute atomic E-state index is 0.134. The molecule has 0 fully saturated rings. The smallest absolute Gasteiger partial charge is 0.308 e. The van der Waals surface area contributed by atoms with E-state index in [0.717, 1.165) is 0 Å². The lowest BCUT2D eigenvalue weighted by Crippen LogP contribution is -2.01. The molecule has 0 heterocycles. The maximum absolute atomic E-state index is 10.5. The number of carboxylic acids is 1. The number of rotatable bonds is 3. The summed E-state index contributed by atoms with van der Waals surface area (Å²) in [5.74, 6) is -0.852. The lowest BCUT2D eigenvalue weighted by atomic mass is 10.1. The van der Waals surface area contributed by atoms with E-state index in [4.69, 9.17) is 21.4 Å². The molecular formula is C9H9ClO4. The van der Waals surface area contributed by atoms with Gasteiger partial charge in [0, 0.05) is 5.56 Å². The topological polar surface area (TPSA) is 66.8 Å². The Morgan fingerprint density at radius 1 is 1.57 bits per heavy atom. The molecule has 0 aliphatic carbocycles. The fourth-order valence-electron chi connectivity index (χ4n) is 1.07. The number of phenolic OH excluding ortho intramolecular Hbond substituents is 1. The highest BCUT2D eigenvalue weighted by Crippen LogP contribution is 2.34. The number of carbonyl (C=O) groups is 1. The average Bonchev–Trinajstić information content (AvgIpc) is 2.12. The third-order valence-electron chi connectivity index (χ3n) is 1.73. The van der Waals surface area contributed by atoms with E-state index >= 15 is 0 Å². The van der Waals surface area contributed by atoms with Crippen LogP contribution in [0.1, 0.15) is 5.56 Å². The van der Waals surface area contributed by atoms with Crippen molar-refractivity contribution in [2.24, 2.45) is 0 Å². The molecule has 0 bridgehead atoms. The summed E-state index contributed by atoms with van der Waals surface area (Å²) in [6.45, 7) is 0. The largest absolute Gasteiger partial charge is 0.508 e. The van der Waals surface area contributed by atoms with Crippen molar-refractivity contribution >= 4 is 17.6 Å². The zero-order valence-electron chi connectivity index (χ0n) is 7.45. The van der Waals surface area contributed by atoms with Crippen LogP contribution in [0.3, 0.4) is 0 Å². The summed E-state index contributed by atoms with van der Waals surface area (Å²) in [6.07, 6.45) is -0.331. The molecule has 0 amide bonds. The first kappa shape index (κ1) is 10.7. The first-order valence-corrected chi connectivity index (χ1v) is 4.20. The quantitative estimate of drug-likeness (QED) is 0.807. The number of aromatic hydroxyl groups is 1. The number of benzene rings is 1. The van der Waals surface area contributed by atoms with E-state index in [2.05, 4.69) is 0 Å². The van der Waals surface area contributed by atoms with Gasteiger partial charge in [0.25, 0.3) is 0 Å². The van der Waals surface area contributed by atoms with Gasteiger partial charge in [-0.05, 0) is 12.1 Å². The maximum atomic E-state index is 10.5. The van der Waals surface area contributed by atoms with E-state index in [9.17, 15) is 9.90 Å². The summed E-state index contributed by atoms with van der Waals surface area (Å²) in [6, 6.07) is 2.83. The van der Waals surface area contributed by atoms with Gasteiger partial charge < -0.3 is 14.9 Å². The summed E-state index contributed by atoms with van der Waals surface area (Å²) in [4.78, 5) is 10.5. The number of aliphatic carboxylic acids is 1. The Morgan fingerprint density at radius 2 is 2.21 bits per heavy atom. The van der Waals surface area contributed by atoms with Crippen molar-refractivity contribution in [1.82, 2.24) is 0 Å². The molecular weight excluding hydrogens is 208 g/mol. The van der Waals surface area contributed by atoms with Crippen LogP contribution in [0.4, 0.5) is 0 Å². The van der Waals surface area contributed by atoms with Crippen LogP contribution in [0.15, 0.2) is 12.1 Å². The normalized spacial score (nSPS) is 9.86. The van der Waals surface area contributed by atoms with E-state index in [1.54, 1.807) is 0 Å². The van der Waals surface area contributed by atoms with Gasteiger partial charge in [0.2, 0.25) is 0 Å². The molecule has 14 heavy (non-hydrogen) atoms. The zero-order valence-corrected chi connectivity index (χ0v) is 8.21. The molecule has 76 valence electrons. The van der Waals surface area contributed by atoms with Crippen LogP contribution < -0.4 is 4.74 Å². The standard InChI is InChI=1S/C9H9ClO4/c1-14-7-3-2-6(11)5(9(7)10)4-8(12)13/h2-3,11H,4H2,1H3,(H,12,13). The molecule has 1 rings (SSSR count). The number of hydrogen-bond acceptors (Lipinski definition) is 3. The molecule has 0 aliphatic rings. The van der Waals surface area contributed by atoms with Crippen molar-refractivity contribution in [3.63, 3.8) is 0 Å². The second-order valence-electron chi connectivity index (χ2n) is 2.65. The van der Waals surface area contributed by atoms with Gasteiger partial charge in [0.05, 0.1) is 18.6 Å². The van der Waals surface area contributed by atoms with Gasteiger partial charge in [-0.2, -0.15) is 0 Å². The predicted molar refractivity (Wildman–Crippen MR) is 51.0 cm³/mol. The molecule has 2 N–H and O–H groups in total. The molecule has 0 spiro atoms. The Balaban J connectivity index is 3.18. The molecule has 0 radical (unpaired) electrons. The van der Waals surface area contributed by atoms with Crippen LogP contribution in [0.25, 0.3) is 0 Å². The maximum Gasteiger partial charge on any atom is 0.308 e. The van der Waals surface area contributed by atoms with Crippen molar-refractivity contribution in [3.05, 3.63) is 22.7 Å². The fraction of sp³-hybridized carbons (Fsp3) is 0.222. The van der Waals surface area contributed by atoms with E-state index in [-0.39, 0.29) is 22.8 Å². The monoisotopic (exact) mass is 216 g/mol. The molecule has 0 unspecified atom stereocenters. The lowest BCUT2D eigenvalue weighted by Gasteiger charge is -2.08. The third-order valence-corrected chi connectivity index (χ3v) is 2.15. The minimum atomic E-state index is -1.06. The third kappa shape index (κ3) is 2.09. The Bertz CT molecular complexity index is 362. The van der Waals surface area contributed by atoms with Crippen LogP contribution in [-0.2, 0) is 11.2 Å². The zero-order chi connectivity index (χ0) is 10.7. The van der Waals surface area contributed by atoms with Crippen molar-refractivity contribution in [1.29, 1.82) is 0 Å². The SMILES string of the molecule is COc1ccc(O)c(CC(=O)O)c1Cl. The van der Waals surface area contributed by atoms with Crippen molar-refractivity contribution in [2.75, 3.05) is 7.11 Å². The van der Waals surface area contributed by atoms with Crippen LogP contribution in [0.2, 0.25) is 5.02 Å². The van der Waals surface area contributed by atoms with E-state index in [0.29, 0.717) is 5.75 Å². The summed E-state index contributed by atoms with van der Waals surface area (Å²) in [5, 5.41) is 18.1. The molecule has 0 saturated heterocycles. The van der Waals surface area contributed by atoms with Crippen molar-refractivity contribution < 1.29 is 19.7 Å². The Morgan fingerprint density at radius 3 is 2.71 bits per heavy atom. The highest BCUT2D eigenvalue weighted by Gasteiger charge is 2.14. The van der Waals surface area contributed by atoms with E-state index < -0.39 is 5.97 Å². The van der Waals surface area contributed by atoms with Crippen LogP contribution >= 0.6 is 11.6 Å². The van der Waals surface area contributed by atoms with Crippen LogP contribution in [0.5, 0.6) is 11.5 Å². The molecule has 5 heteroatoms. The van der Waals surface area contributed by atoms with Gasteiger partial charge in [-0.15, -0.1) is 0 Å². The average molecular weight is 217 g/mol. The number of ether oxygens (including phenoxy) is 1. The number of hydrogen-bond donors (Lipinski definition) is 2. The number of halogens is 1. The number of carboxylic acid groups (broad SMARTS) is 1. The van der Waals surface area contributed by atoms with Crippen LogP contribution in [-0.4, -0.2) is 23.3 Å². The highest BCUT2D eigenvalue weighted by molar-refractivity contribution is 6.33. The summed E-state index contributed by atoms with van der Waals surface area (Å²) in [7, 11) is 1.42. The first-order valence-electron chi connectivity index (χ1n) is 3.82. The van der Waals surface area contributed by atoms with E-state index in [1.165, 1.54) is 19.2 Å². The summed E-state index contributed by atoms with van der Waals surface area (Å²) < 4.78 is 4.89. The van der Waals surface area contributed by atoms with Crippen molar-refractivity contribution in [2.45, 2.75) is 6.42 Å². The first-order chi connectivity index (χ1) is 6.56. The molecule has 1 aromatic carbocycles. The van der Waals surface area contributed by atoms with Gasteiger partial charge in [0.15, 0.2) is 0 Å². The summed E-state index contributed by atoms with van der Waals surface area (Å²) >= 11 is 5.81. The van der Waals surface area contributed by atoms with Gasteiger partial charge in [-0.3, -0.25) is 4.79 Å². The van der Waals surface area contributed by atoms with Gasteiger partial charge in [0.1, 0.15) is 11.5 Å². The fourth-order valence-corrected chi connectivity index (χ4v) is 1.37. The summed E-state index contributed by atoms with van der Waals surface area (Å²) in [5.41, 5.74) is 0.165. The van der Waals surface area contributed by atoms with Gasteiger partial charge in [-0.25, -0.2) is 0 Å². The second-order valence-corrected chi connectivity index (χ2v) is 3.03. The van der Waals surface area contributed by atoms with Gasteiger partial charge in [-0.1, -0.05) is 11.6 Å². The second kappa shape index (κ2) is 4.19. The molecule has 0 aromatic heterocycles. The predicted octanol–water partition coefficient (Wildman–Crippen LogP) is 1.68. The minimum Gasteiger partial charge on any atom is -0.508 e. The number of methoxy groups -OCH3 is 1. The molecule has 1 aromatic rings. The molecule has 0 atom stereocenters. The molecule has 0 aliphatic heterocycles. The Hall–Kier alpha value is -1.42. The Kier molecular flexibility index (Phi) is 3.19. The highest BCUT2D eigenvalue weighted by atomic mass is 35.5. The lowest BCUT2D eigenvalue weighted by molar-refractivity contribution is -0.136. The van der Waals surface area contributed by atoms with E-state index in [1.807, 2.05) is 0 Å². The number of phenols is 1. The molecule has 4 nitrogen and oxygen atoms in total. The molecule has 0 saturated carbocycles. The van der Waals surface area contributed by atoms with Crippen molar-refractivity contribution in [3.8, 4) is 11.5 Å². The van der Waals surface area contributed by atoms with Crippen LogP contribution in [0, 0.1) is 0 Å². The van der Waals surface area contributed by atoms with Gasteiger partial charge >= 0.3 is 5.97 Å². The Labute approximate surface area is 85.7 Å².